The molecule has 0 heterocycles. The lowest BCUT2D eigenvalue weighted by atomic mass is 9.82. The van der Waals surface area contributed by atoms with E-state index in [1.165, 1.54) is 25.7 Å². The normalized spacial score (nSPS) is 25.7. The molecule has 0 spiro atoms. The van der Waals surface area contributed by atoms with Crippen molar-refractivity contribution in [3.63, 3.8) is 0 Å². The first-order valence-corrected chi connectivity index (χ1v) is 7.61. The Morgan fingerprint density at radius 3 is 2.83 bits per heavy atom. The standard InChI is InChI=1S/C15H30N2O/c1-4-13(3)17-15(18)8-9-16-11-14-7-5-6-12(2)10-14/h12-14,16H,4-11H2,1-3H3,(H,17,18). The molecule has 1 saturated carbocycles. The first kappa shape index (κ1) is 15.5. The van der Waals surface area contributed by atoms with Gasteiger partial charge >= 0.3 is 0 Å². The predicted octanol–water partition coefficient (Wildman–Crippen LogP) is 2.71. The van der Waals surface area contributed by atoms with Crippen molar-refractivity contribution in [3.05, 3.63) is 0 Å². The topological polar surface area (TPSA) is 41.1 Å². The van der Waals surface area contributed by atoms with Crippen molar-refractivity contribution >= 4 is 5.91 Å². The molecule has 2 N–H and O–H groups in total. The summed E-state index contributed by atoms with van der Waals surface area (Å²) in [5, 5.41) is 6.43. The third-order valence-electron chi connectivity index (χ3n) is 4.03. The summed E-state index contributed by atoms with van der Waals surface area (Å²) in [7, 11) is 0. The molecular formula is C15H30N2O. The van der Waals surface area contributed by atoms with E-state index in [1.807, 2.05) is 0 Å². The van der Waals surface area contributed by atoms with Crippen molar-refractivity contribution in [3.8, 4) is 0 Å². The minimum absolute atomic E-state index is 0.175. The highest BCUT2D eigenvalue weighted by atomic mass is 16.1. The van der Waals surface area contributed by atoms with Gasteiger partial charge in [-0.2, -0.15) is 0 Å². The van der Waals surface area contributed by atoms with Crippen LogP contribution in [0.4, 0.5) is 0 Å². The summed E-state index contributed by atoms with van der Waals surface area (Å²) in [5.41, 5.74) is 0. The van der Waals surface area contributed by atoms with Gasteiger partial charge in [0.05, 0.1) is 0 Å². The third kappa shape index (κ3) is 6.39. The van der Waals surface area contributed by atoms with E-state index in [1.54, 1.807) is 0 Å². The Morgan fingerprint density at radius 1 is 1.39 bits per heavy atom. The molecular weight excluding hydrogens is 224 g/mol. The summed E-state index contributed by atoms with van der Waals surface area (Å²) < 4.78 is 0. The number of nitrogens with one attached hydrogen (secondary N) is 2. The summed E-state index contributed by atoms with van der Waals surface area (Å²) in [6.07, 6.45) is 7.09. The van der Waals surface area contributed by atoms with Crippen molar-refractivity contribution in [2.75, 3.05) is 13.1 Å². The maximum Gasteiger partial charge on any atom is 0.221 e. The monoisotopic (exact) mass is 254 g/mol. The minimum Gasteiger partial charge on any atom is -0.354 e. The van der Waals surface area contributed by atoms with E-state index < -0.39 is 0 Å². The van der Waals surface area contributed by atoms with Gasteiger partial charge in [0, 0.05) is 19.0 Å². The number of carbonyl (C=O) groups excluding carboxylic acids is 1. The quantitative estimate of drug-likeness (QED) is 0.686. The molecule has 0 saturated heterocycles. The van der Waals surface area contributed by atoms with E-state index in [2.05, 4.69) is 31.4 Å². The summed E-state index contributed by atoms with van der Waals surface area (Å²) in [6.45, 7) is 8.39. The Morgan fingerprint density at radius 2 is 2.17 bits per heavy atom. The first-order valence-electron chi connectivity index (χ1n) is 7.61. The zero-order chi connectivity index (χ0) is 13.4. The Bertz CT molecular complexity index is 243. The highest BCUT2D eigenvalue weighted by molar-refractivity contribution is 5.76. The van der Waals surface area contributed by atoms with Gasteiger partial charge in [-0.1, -0.05) is 26.7 Å². The lowest BCUT2D eigenvalue weighted by molar-refractivity contribution is -0.121. The van der Waals surface area contributed by atoms with Crippen LogP contribution < -0.4 is 10.6 Å². The molecule has 0 aromatic rings. The van der Waals surface area contributed by atoms with Crippen LogP contribution in [0, 0.1) is 11.8 Å². The van der Waals surface area contributed by atoms with Crippen LogP contribution in [0.15, 0.2) is 0 Å². The van der Waals surface area contributed by atoms with Gasteiger partial charge < -0.3 is 10.6 Å². The Hall–Kier alpha value is -0.570. The lowest BCUT2D eigenvalue weighted by Crippen LogP contribution is -2.35. The molecule has 3 nitrogen and oxygen atoms in total. The molecule has 1 fully saturated rings. The van der Waals surface area contributed by atoms with Crippen LogP contribution in [0.2, 0.25) is 0 Å². The molecule has 0 aromatic carbocycles. The summed E-state index contributed by atoms with van der Waals surface area (Å²) in [5.74, 6) is 1.89. The van der Waals surface area contributed by atoms with Crippen LogP contribution in [0.5, 0.6) is 0 Å². The fraction of sp³-hybridized carbons (Fsp3) is 0.933. The number of hydrogen-bond donors (Lipinski definition) is 2. The van der Waals surface area contributed by atoms with Crippen LogP contribution in [0.3, 0.4) is 0 Å². The maximum absolute atomic E-state index is 11.6. The van der Waals surface area contributed by atoms with Crippen LogP contribution in [-0.2, 0) is 4.79 Å². The van der Waals surface area contributed by atoms with Crippen molar-refractivity contribution in [2.24, 2.45) is 11.8 Å². The molecule has 0 bridgehead atoms. The van der Waals surface area contributed by atoms with E-state index in [0.717, 1.165) is 31.3 Å². The summed E-state index contributed by atoms with van der Waals surface area (Å²) in [6, 6.07) is 0.302. The molecule has 3 atom stereocenters. The van der Waals surface area contributed by atoms with E-state index in [0.29, 0.717) is 12.5 Å². The predicted molar refractivity (Wildman–Crippen MR) is 76.5 cm³/mol. The van der Waals surface area contributed by atoms with Gasteiger partial charge in [-0.15, -0.1) is 0 Å². The van der Waals surface area contributed by atoms with Gasteiger partial charge in [0.25, 0.3) is 0 Å². The Labute approximate surface area is 112 Å². The minimum atomic E-state index is 0.175. The van der Waals surface area contributed by atoms with Crippen molar-refractivity contribution < 1.29 is 4.79 Å². The fourth-order valence-electron chi connectivity index (χ4n) is 2.70. The van der Waals surface area contributed by atoms with Crippen molar-refractivity contribution in [1.29, 1.82) is 0 Å². The second kappa shape index (κ2) is 8.52. The van der Waals surface area contributed by atoms with Crippen LogP contribution in [0.1, 0.15) is 59.3 Å². The molecule has 1 aliphatic rings. The number of rotatable bonds is 7. The van der Waals surface area contributed by atoms with E-state index in [-0.39, 0.29) is 5.91 Å². The fourth-order valence-corrected chi connectivity index (χ4v) is 2.70. The van der Waals surface area contributed by atoms with Gasteiger partial charge in [-0.3, -0.25) is 4.79 Å². The summed E-state index contributed by atoms with van der Waals surface area (Å²) in [4.78, 5) is 11.6. The molecule has 0 radical (unpaired) electrons. The summed E-state index contributed by atoms with van der Waals surface area (Å²) >= 11 is 0. The largest absolute Gasteiger partial charge is 0.354 e. The second-order valence-corrected chi connectivity index (χ2v) is 5.97. The number of carbonyl (C=O) groups is 1. The van der Waals surface area contributed by atoms with Gasteiger partial charge in [0.1, 0.15) is 0 Å². The molecule has 1 aliphatic carbocycles. The van der Waals surface area contributed by atoms with Crippen LogP contribution in [0.25, 0.3) is 0 Å². The molecule has 3 unspecified atom stereocenters. The molecule has 1 amide bonds. The second-order valence-electron chi connectivity index (χ2n) is 5.97. The highest BCUT2D eigenvalue weighted by Gasteiger charge is 2.18. The van der Waals surface area contributed by atoms with Crippen LogP contribution in [-0.4, -0.2) is 25.0 Å². The van der Waals surface area contributed by atoms with Gasteiger partial charge in [-0.25, -0.2) is 0 Å². The molecule has 18 heavy (non-hydrogen) atoms. The first-order chi connectivity index (χ1) is 8.61. The zero-order valence-corrected chi connectivity index (χ0v) is 12.3. The molecule has 1 rings (SSSR count). The van der Waals surface area contributed by atoms with Crippen molar-refractivity contribution in [2.45, 2.75) is 65.3 Å². The molecule has 3 heteroatoms. The zero-order valence-electron chi connectivity index (χ0n) is 12.3. The Kier molecular flexibility index (Phi) is 7.33. The highest BCUT2D eigenvalue weighted by Crippen LogP contribution is 2.27. The van der Waals surface area contributed by atoms with Gasteiger partial charge in [0.2, 0.25) is 5.91 Å². The Balaban J connectivity index is 2.02. The average molecular weight is 254 g/mol. The van der Waals surface area contributed by atoms with E-state index in [4.69, 9.17) is 0 Å². The number of hydrogen-bond acceptors (Lipinski definition) is 2. The molecule has 106 valence electrons. The van der Waals surface area contributed by atoms with E-state index >= 15 is 0 Å². The molecule has 0 aliphatic heterocycles. The smallest absolute Gasteiger partial charge is 0.221 e. The van der Waals surface area contributed by atoms with E-state index in [9.17, 15) is 4.79 Å². The SMILES string of the molecule is CCC(C)NC(=O)CCNCC1CCCC(C)C1. The van der Waals surface area contributed by atoms with Gasteiger partial charge in [-0.05, 0) is 44.6 Å². The average Bonchev–Trinajstić information content (AvgIpc) is 2.34. The molecule has 0 aromatic heterocycles. The number of amides is 1. The maximum atomic E-state index is 11.6. The van der Waals surface area contributed by atoms with Gasteiger partial charge in [0.15, 0.2) is 0 Å². The van der Waals surface area contributed by atoms with Crippen LogP contribution >= 0.6 is 0 Å². The lowest BCUT2D eigenvalue weighted by Gasteiger charge is -2.26. The van der Waals surface area contributed by atoms with Crippen molar-refractivity contribution in [1.82, 2.24) is 10.6 Å². The third-order valence-corrected chi connectivity index (χ3v) is 4.03.